The molecular weight excluding hydrogens is 248 g/mol. The quantitative estimate of drug-likeness (QED) is 0.824. The van der Waals surface area contributed by atoms with Gasteiger partial charge in [0.25, 0.3) is 0 Å². The summed E-state index contributed by atoms with van der Waals surface area (Å²) in [4.78, 5) is 18.6. The average Bonchev–Trinajstić information content (AvgIpc) is 2.95. The van der Waals surface area contributed by atoms with Crippen molar-refractivity contribution in [2.45, 2.75) is 44.4 Å². The van der Waals surface area contributed by atoms with Crippen LogP contribution in [0.25, 0.3) is 0 Å². The molecule has 3 saturated heterocycles. The standard InChI is InChI=1S/C13H22N2O4/c1-2-13-9-14(12(16)17)7-10(13)8-19-15(13)11-5-3-4-6-18-11/h10-11H,2-9H2,1H3,(H,16,17). The van der Waals surface area contributed by atoms with E-state index in [0.717, 1.165) is 32.3 Å². The number of amides is 1. The lowest BCUT2D eigenvalue weighted by Gasteiger charge is -2.41. The first-order valence-corrected chi connectivity index (χ1v) is 7.19. The van der Waals surface area contributed by atoms with Gasteiger partial charge >= 0.3 is 6.09 Å². The van der Waals surface area contributed by atoms with Crippen LogP contribution in [0, 0.1) is 5.92 Å². The average molecular weight is 270 g/mol. The van der Waals surface area contributed by atoms with Gasteiger partial charge in [-0.1, -0.05) is 6.92 Å². The number of rotatable bonds is 2. The molecule has 3 fully saturated rings. The van der Waals surface area contributed by atoms with Gasteiger partial charge in [-0.3, -0.25) is 4.84 Å². The Kier molecular flexibility index (Phi) is 3.41. The molecule has 108 valence electrons. The largest absolute Gasteiger partial charge is 0.465 e. The van der Waals surface area contributed by atoms with Crippen LogP contribution in [0.5, 0.6) is 0 Å². The molecule has 0 saturated carbocycles. The zero-order chi connectivity index (χ0) is 13.5. The Balaban J connectivity index is 1.80. The summed E-state index contributed by atoms with van der Waals surface area (Å²) in [6, 6.07) is 0. The maximum absolute atomic E-state index is 11.2. The van der Waals surface area contributed by atoms with Crippen molar-refractivity contribution >= 4 is 6.09 Å². The topological polar surface area (TPSA) is 62.2 Å². The number of carbonyl (C=O) groups is 1. The van der Waals surface area contributed by atoms with Crippen molar-refractivity contribution in [1.82, 2.24) is 9.96 Å². The highest BCUT2D eigenvalue weighted by molar-refractivity contribution is 5.65. The molecule has 0 aliphatic carbocycles. The van der Waals surface area contributed by atoms with E-state index in [1.54, 1.807) is 0 Å². The number of ether oxygens (including phenoxy) is 1. The Morgan fingerprint density at radius 3 is 2.95 bits per heavy atom. The molecule has 3 aliphatic rings. The Labute approximate surface area is 113 Å². The van der Waals surface area contributed by atoms with Gasteiger partial charge in [0.1, 0.15) is 6.23 Å². The van der Waals surface area contributed by atoms with Gasteiger partial charge in [-0.25, -0.2) is 4.79 Å². The summed E-state index contributed by atoms with van der Waals surface area (Å²) in [6.45, 7) is 4.60. The minimum absolute atomic E-state index is 0.00700. The molecule has 3 aliphatic heterocycles. The van der Waals surface area contributed by atoms with E-state index in [-0.39, 0.29) is 17.7 Å². The van der Waals surface area contributed by atoms with Crippen molar-refractivity contribution in [3.63, 3.8) is 0 Å². The minimum atomic E-state index is -0.827. The molecule has 0 aromatic rings. The normalized spacial score (nSPS) is 39.5. The Bertz CT molecular complexity index is 359. The first kappa shape index (κ1) is 13.1. The lowest BCUT2D eigenvalue weighted by atomic mass is 9.85. The molecule has 0 radical (unpaired) electrons. The molecule has 0 aromatic carbocycles. The summed E-state index contributed by atoms with van der Waals surface area (Å²) >= 11 is 0. The number of nitrogens with zero attached hydrogens (tertiary/aromatic N) is 2. The molecule has 0 spiro atoms. The Hall–Kier alpha value is -0.850. The van der Waals surface area contributed by atoms with E-state index in [1.807, 2.05) is 5.06 Å². The first-order valence-electron chi connectivity index (χ1n) is 7.19. The Morgan fingerprint density at radius 1 is 1.47 bits per heavy atom. The van der Waals surface area contributed by atoms with Crippen LogP contribution >= 0.6 is 0 Å². The molecule has 0 aromatic heterocycles. The minimum Gasteiger partial charge on any atom is -0.465 e. The van der Waals surface area contributed by atoms with E-state index in [2.05, 4.69) is 6.92 Å². The summed E-state index contributed by atoms with van der Waals surface area (Å²) in [5.41, 5.74) is -0.194. The highest BCUT2D eigenvalue weighted by Crippen LogP contribution is 2.44. The molecule has 6 nitrogen and oxygen atoms in total. The van der Waals surface area contributed by atoms with Gasteiger partial charge in [0.2, 0.25) is 0 Å². The van der Waals surface area contributed by atoms with Crippen LogP contribution in [0.3, 0.4) is 0 Å². The van der Waals surface area contributed by atoms with Crippen LogP contribution in [0.4, 0.5) is 4.79 Å². The predicted octanol–water partition coefficient (Wildman–Crippen LogP) is 1.52. The van der Waals surface area contributed by atoms with Crippen LogP contribution < -0.4 is 0 Å². The Morgan fingerprint density at radius 2 is 2.32 bits per heavy atom. The van der Waals surface area contributed by atoms with E-state index in [9.17, 15) is 9.90 Å². The van der Waals surface area contributed by atoms with Crippen molar-refractivity contribution in [2.75, 3.05) is 26.3 Å². The fourth-order valence-corrected chi connectivity index (χ4v) is 3.70. The fourth-order valence-electron chi connectivity index (χ4n) is 3.70. The van der Waals surface area contributed by atoms with E-state index in [0.29, 0.717) is 19.7 Å². The monoisotopic (exact) mass is 270 g/mol. The van der Waals surface area contributed by atoms with Crippen molar-refractivity contribution < 1.29 is 19.5 Å². The molecule has 3 rings (SSSR count). The van der Waals surface area contributed by atoms with Crippen LogP contribution in [-0.2, 0) is 9.57 Å². The van der Waals surface area contributed by atoms with Gasteiger partial charge in [0.05, 0.1) is 12.1 Å². The molecule has 1 amide bonds. The second-order valence-corrected chi connectivity index (χ2v) is 5.76. The fraction of sp³-hybridized carbons (Fsp3) is 0.923. The number of carboxylic acid groups (broad SMARTS) is 1. The van der Waals surface area contributed by atoms with Crippen LogP contribution in [-0.4, -0.2) is 59.2 Å². The molecule has 0 bridgehead atoms. The SMILES string of the molecule is CCC12CN(C(=O)O)CC1CON2C1CCCCO1. The van der Waals surface area contributed by atoms with Crippen LogP contribution in [0.15, 0.2) is 0 Å². The van der Waals surface area contributed by atoms with Gasteiger partial charge in [-0.15, -0.1) is 0 Å². The van der Waals surface area contributed by atoms with Crippen molar-refractivity contribution in [3.8, 4) is 0 Å². The second kappa shape index (κ2) is 4.92. The zero-order valence-corrected chi connectivity index (χ0v) is 11.4. The van der Waals surface area contributed by atoms with Gasteiger partial charge < -0.3 is 14.7 Å². The van der Waals surface area contributed by atoms with Crippen molar-refractivity contribution in [2.24, 2.45) is 5.92 Å². The van der Waals surface area contributed by atoms with Crippen LogP contribution in [0.1, 0.15) is 32.6 Å². The van der Waals surface area contributed by atoms with E-state index >= 15 is 0 Å². The zero-order valence-electron chi connectivity index (χ0n) is 11.4. The second-order valence-electron chi connectivity index (χ2n) is 5.76. The molecule has 3 unspecified atom stereocenters. The third-order valence-electron chi connectivity index (χ3n) is 4.82. The first-order chi connectivity index (χ1) is 9.17. The maximum atomic E-state index is 11.2. The molecule has 3 heterocycles. The number of likely N-dealkylation sites (tertiary alicyclic amines) is 1. The number of hydroxylamine groups is 2. The molecule has 19 heavy (non-hydrogen) atoms. The van der Waals surface area contributed by atoms with Gasteiger partial charge in [0.15, 0.2) is 0 Å². The summed E-state index contributed by atoms with van der Waals surface area (Å²) in [7, 11) is 0. The van der Waals surface area contributed by atoms with Crippen LogP contribution in [0.2, 0.25) is 0 Å². The summed E-state index contributed by atoms with van der Waals surface area (Å²) in [6.07, 6.45) is 3.29. The van der Waals surface area contributed by atoms with E-state index < -0.39 is 6.09 Å². The third-order valence-corrected chi connectivity index (χ3v) is 4.82. The molecule has 3 atom stereocenters. The highest BCUT2D eigenvalue weighted by atomic mass is 16.7. The number of hydrogen-bond donors (Lipinski definition) is 1. The van der Waals surface area contributed by atoms with Gasteiger partial charge in [0, 0.05) is 25.6 Å². The van der Waals surface area contributed by atoms with E-state index in [1.165, 1.54) is 4.90 Å². The van der Waals surface area contributed by atoms with Gasteiger partial charge in [-0.05, 0) is 25.7 Å². The summed E-state index contributed by atoms with van der Waals surface area (Å²) in [5, 5.41) is 11.2. The van der Waals surface area contributed by atoms with Crippen molar-refractivity contribution in [3.05, 3.63) is 0 Å². The van der Waals surface area contributed by atoms with E-state index in [4.69, 9.17) is 9.57 Å². The number of hydrogen-bond acceptors (Lipinski definition) is 4. The molecule has 1 N–H and O–H groups in total. The summed E-state index contributed by atoms with van der Waals surface area (Å²) in [5.74, 6) is 0.263. The van der Waals surface area contributed by atoms with Gasteiger partial charge in [-0.2, -0.15) is 5.06 Å². The molecular formula is C13H22N2O4. The smallest absolute Gasteiger partial charge is 0.407 e. The number of fused-ring (bicyclic) bond motifs is 1. The lowest BCUT2D eigenvalue weighted by Crippen LogP contribution is -2.54. The summed E-state index contributed by atoms with van der Waals surface area (Å²) < 4.78 is 5.83. The molecule has 6 heteroatoms. The maximum Gasteiger partial charge on any atom is 0.407 e. The predicted molar refractivity (Wildman–Crippen MR) is 67.5 cm³/mol. The third kappa shape index (κ3) is 2.02. The highest BCUT2D eigenvalue weighted by Gasteiger charge is 2.58. The lowest BCUT2D eigenvalue weighted by molar-refractivity contribution is -0.271. The van der Waals surface area contributed by atoms with Crippen molar-refractivity contribution in [1.29, 1.82) is 0 Å².